The van der Waals surface area contributed by atoms with Crippen LogP contribution in [0.3, 0.4) is 0 Å². The molecule has 0 aliphatic rings. The summed E-state index contributed by atoms with van der Waals surface area (Å²) in [7, 11) is -3.60. The number of nitro groups is 1. The van der Waals surface area contributed by atoms with Gasteiger partial charge in [0.25, 0.3) is 0 Å². The van der Waals surface area contributed by atoms with Gasteiger partial charge in [-0.1, -0.05) is 6.92 Å². The van der Waals surface area contributed by atoms with Crippen LogP contribution in [0.5, 0.6) is 0 Å². The van der Waals surface area contributed by atoms with Crippen molar-refractivity contribution in [2.45, 2.75) is 18.2 Å². The lowest BCUT2D eigenvalue weighted by Crippen LogP contribution is -2.24. The molecule has 7 nitrogen and oxygen atoms in total. The number of pyridine rings is 1. The normalized spacial score (nSPS) is 11.3. The molecular weight excluding hydrogens is 234 g/mol. The Morgan fingerprint density at radius 2 is 2.19 bits per heavy atom. The van der Waals surface area contributed by atoms with Crippen LogP contribution in [0.15, 0.2) is 23.2 Å². The van der Waals surface area contributed by atoms with Gasteiger partial charge in [-0.25, -0.2) is 13.1 Å². The number of nitrogens with one attached hydrogen (secondary N) is 1. The Labute approximate surface area is 92.7 Å². The maximum atomic E-state index is 11.6. The summed E-state index contributed by atoms with van der Waals surface area (Å²) >= 11 is 0. The lowest BCUT2D eigenvalue weighted by atomic mass is 10.5. The molecule has 0 saturated carbocycles. The van der Waals surface area contributed by atoms with Gasteiger partial charge in [0.2, 0.25) is 10.0 Å². The highest BCUT2D eigenvalue weighted by molar-refractivity contribution is 7.89. The summed E-state index contributed by atoms with van der Waals surface area (Å²) in [4.78, 5) is 13.0. The van der Waals surface area contributed by atoms with E-state index in [1.54, 1.807) is 0 Å². The molecule has 1 aromatic heterocycles. The molecule has 0 fully saturated rings. The molecule has 0 aliphatic heterocycles. The predicted octanol–water partition coefficient (Wildman–Crippen LogP) is 0.678. The van der Waals surface area contributed by atoms with Gasteiger partial charge in [0.05, 0.1) is 0 Å². The molecule has 16 heavy (non-hydrogen) atoms. The van der Waals surface area contributed by atoms with Crippen molar-refractivity contribution in [1.82, 2.24) is 9.71 Å². The van der Waals surface area contributed by atoms with E-state index in [9.17, 15) is 18.5 Å². The Hall–Kier alpha value is -1.54. The maximum absolute atomic E-state index is 11.6. The van der Waals surface area contributed by atoms with Crippen molar-refractivity contribution in [2.75, 3.05) is 6.54 Å². The highest BCUT2D eigenvalue weighted by Crippen LogP contribution is 2.11. The quantitative estimate of drug-likeness (QED) is 0.607. The monoisotopic (exact) mass is 245 g/mol. The van der Waals surface area contributed by atoms with Crippen molar-refractivity contribution in [1.29, 1.82) is 0 Å². The van der Waals surface area contributed by atoms with Gasteiger partial charge in [0, 0.05) is 12.6 Å². The molecule has 0 unspecified atom stereocenters. The predicted molar refractivity (Wildman–Crippen MR) is 56.4 cm³/mol. The van der Waals surface area contributed by atoms with Gasteiger partial charge in [-0.05, 0) is 22.4 Å². The molecule has 0 bridgehead atoms. The lowest BCUT2D eigenvalue weighted by Gasteiger charge is -2.03. The Kier molecular flexibility index (Phi) is 3.91. The minimum Gasteiger partial charge on any atom is -0.358 e. The Bertz CT molecular complexity index is 469. The van der Waals surface area contributed by atoms with E-state index in [2.05, 4.69) is 9.71 Å². The minimum absolute atomic E-state index is 0.0773. The van der Waals surface area contributed by atoms with E-state index >= 15 is 0 Å². The Morgan fingerprint density at radius 3 is 2.62 bits per heavy atom. The van der Waals surface area contributed by atoms with Crippen molar-refractivity contribution >= 4 is 15.8 Å². The molecule has 8 heteroatoms. The smallest absolute Gasteiger partial charge is 0.358 e. The minimum atomic E-state index is -3.60. The summed E-state index contributed by atoms with van der Waals surface area (Å²) in [5, 5.41) is 10.3. The number of aromatic nitrogens is 1. The van der Waals surface area contributed by atoms with E-state index < -0.39 is 14.9 Å². The van der Waals surface area contributed by atoms with Crippen LogP contribution < -0.4 is 4.72 Å². The number of sulfonamides is 1. The molecule has 0 spiro atoms. The number of nitrogens with zero attached hydrogens (tertiary/aromatic N) is 2. The Morgan fingerprint density at radius 1 is 1.50 bits per heavy atom. The molecule has 0 aromatic carbocycles. The molecule has 0 aliphatic carbocycles. The van der Waals surface area contributed by atoms with E-state index in [-0.39, 0.29) is 10.7 Å². The van der Waals surface area contributed by atoms with E-state index in [0.717, 1.165) is 18.3 Å². The van der Waals surface area contributed by atoms with Crippen LogP contribution in [-0.4, -0.2) is 24.9 Å². The second-order valence-corrected chi connectivity index (χ2v) is 4.77. The second kappa shape index (κ2) is 4.99. The molecule has 1 aromatic rings. The van der Waals surface area contributed by atoms with Gasteiger partial charge < -0.3 is 10.1 Å². The van der Waals surface area contributed by atoms with Crippen LogP contribution in [0.2, 0.25) is 0 Å². The zero-order valence-corrected chi connectivity index (χ0v) is 9.40. The molecule has 0 amide bonds. The third kappa shape index (κ3) is 2.97. The highest BCUT2D eigenvalue weighted by Gasteiger charge is 2.16. The fourth-order valence-corrected chi connectivity index (χ4v) is 2.04. The van der Waals surface area contributed by atoms with E-state index in [0.29, 0.717) is 13.0 Å². The maximum Gasteiger partial charge on any atom is 0.363 e. The van der Waals surface area contributed by atoms with Gasteiger partial charge in [0.15, 0.2) is 6.20 Å². The van der Waals surface area contributed by atoms with Crippen LogP contribution in [0.1, 0.15) is 13.3 Å². The van der Waals surface area contributed by atoms with Crippen LogP contribution in [-0.2, 0) is 10.0 Å². The number of hydrogen-bond acceptors (Lipinski definition) is 5. The average molecular weight is 245 g/mol. The Balaban J connectivity index is 2.93. The lowest BCUT2D eigenvalue weighted by molar-refractivity contribution is -0.389. The second-order valence-electron chi connectivity index (χ2n) is 3.01. The average Bonchev–Trinajstić information content (AvgIpc) is 2.26. The summed E-state index contributed by atoms with van der Waals surface area (Å²) in [6, 6.07) is 2.21. The highest BCUT2D eigenvalue weighted by atomic mass is 32.2. The van der Waals surface area contributed by atoms with Crippen molar-refractivity contribution in [3.63, 3.8) is 0 Å². The first kappa shape index (κ1) is 12.5. The van der Waals surface area contributed by atoms with E-state index in [4.69, 9.17) is 0 Å². The third-order valence-corrected chi connectivity index (χ3v) is 3.21. The number of rotatable bonds is 5. The standard InChI is InChI=1S/C8H11N3O4S/c1-2-5-10-16(14,15)7-3-4-8(9-6-7)11(12)13/h3-4,6,10H,2,5H2,1H3. The summed E-state index contributed by atoms with van der Waals surface area (Å²) in [6.45, 7) is 2.15. The molecule has 0 saturated heterocycles. The van der Waals surface area contributed by atoms with Crippen LogP contribution >= 0.6 is 0 Å². The molecular formula is C8H11N3O4S. The van der Waals surface area contributed by atoms with Crippen LogP contribution in [0, 0.1) is 10.1 Å². The van der Waals surface area contributed by atoms with Gasteiger partial charge in [-0.2, -0.15) is 0 Å². The summed E-state index contributed by atoms with van der Waals surface area (Å²) in [6.07, 6.45) is 1.63. The van der Waals surface area contributed by atoms with Crippen LogP contribution in [0.25, 0.3) is 0 Å². The summed E-state index contributed by atoms with van der Waals surface area (Å²) in [5.41, 5.74) is 0. The zero-order chi connectivity index (χ0) is 12.2. The fraction of sp³-hybridized carbons (Fsp3) is 0.375. The molecule has 0 radical (unpaired) electrons. The molecule has 1 rings (SSSR count). The van der Waals surface area contributed by atoms with Gasteiger partial charge >= 0.3 is 5.82 Å². The van der Waals surface area contributed by atoms with E-state index in [1.165, 1.54) is 0 Å². The SMILES string of the molecule is CCCNS(=O)(=O)c1ccc([N+](=O)[O-])nc1. The van der Waals surface area contributed by atoms with Crippen molar-refractivity contribution < 1.29 is 13.3 Å². The van der Waals surface area contributed by atoms with Gasteiger partial charge in [-0.15, -0.1) is 0 Å². The van der Waals surface area contributed by atoms with E-state index in [1.807, 2.05) is 6.92 Å². The van der Waals surface area contributed by atoms with Gasteiger partial charge in [0.1, 0.15) is 4.90 Å². The molecule has 1 heterocycles. The topological polar surface area (TPSA) is 102 Å². The van der Waals surface area contributed by atoms with Crippen molar-refractivity contribution in [2.24, 2.45) is 0 Å². The third-order valence-electron chi connectivity index (χ3n) is 1.76. The fourth-order valence-electron chi connectivity index (χ4n) is 0.959. The first-order chi connectivity index (χ1) is 7.47. The largest absolute Gasteiger partial charge is 0.363 e. The zero-order valence-electron chi connectivity index (χ0n) is 8.58. The van der Waals surface area contributed by atoms with Crippen LogP contribution in [0.4, 0.5) is 5.82 Å². The summed E-state index contributed by atoms with van der Waals surface area (Å²) in [5.74, 6) is -0.380. The number of hydrogen-bond donors (Lipinski definition) is 1. The van der Waals surface area contributed by atoms with Gasteiger partial charge in [-0.3, -0.25) is 0 Å². The first-order valence-electron chi connectivity index (χ1n) is 4.57. The summed E-state index contributed by atoms with van der Waals surface area (Å²) < 4.78 is 25.4. The van der Waals surface area contributed by atoms with Crippen molar-refractivity contribution in [3.05, 3.63) is 28.4 Å². The first-order valence-corrected chi connectivity index (χ1v) is 6.06. The molecule has 1 N–H and O–H groups in total. The van der Waals surface area contributed by atoms with Crippen molar-refractivity contribution in [3.8, 4) is 0 Å². The molecule has 88 valence electrons. The molecule has 0 atom stereocenters.